The summed E-state index contributed by atoms with van der Waals surface area (Å²) in [4.78, 5) is 0. The van der Waals surface area contributed by atoms with E-state index in [2.05, 4.69) is 4.74 Å². The highest BCUT2D eigenvalue weighted by atomic mass is 19.4. The van der Waals surface area contributed by atoms with Crippen LogP contribution >= 0.6 is 0 Å². The summed E-state index contributed by atoms with van der Waals surface area (Å²) in [5.74, 6) is -0.256. The smallest absolute Gasteiger partial charge is 0.406 e. The van der Waals surface area contributed by atoms with Crippen LogP contribution in [0.2, 0.25) is 0 Å². The number of nitrogens with two attached hydrogens (primary N) is 2. The highest BCUT2D eigenvalue weighted by Gasteiger charge is 2.31. The molecule has 4 N–H and O–H groups in total. The zero-order valence-corrected chi connectivity index (χ0v) is 8.55. The molecule has 0 fully saturated rings. The Balaban J connectivity index is 2.81. The molecule has 0 aliphatic carbocycles. The molecule has 0 aliphatic rings. The molecule has 16 heavy (non-hydrogen) atoms. The molecule has 0 aliphatic heterocycles. The molecular formula is C10H13F3N2O. The lowest BCUT2D eigenvalue weighted by Gasteiger charge is -2.11. The summed E-state index contributed by atoms with van der Waals surface area (Å²) in [5, 5.41) is 0. The van der Waals surface area contributed by atoms with Crippen LogP contribution in [0.4, 0.5) is 18.9 Å². The Morgan fingerprint density at radius 1 is 1.25 bits per heavy atom. The number of ether oxygens (including phenoxy) is 1. The van der Waals surface area contributed by atoms with Crippen LogP contribution in [0.15, 0.2) is 18.2 Å². The van der Waals surface area contributed by atoms with Crippen molar-refractivity contribution in [2.45, 2.75) is 19.2 Å². The van der Waals surface area contributed by atoms with E-state index in [1.807, 2.05) is 0 Å². The monoisotopic (exact) mass is 234 g/mol. The summed E-state index contributed by atoms with van der Waals surface area (Å²) in [6.45, 7) is 0.462. The standard InChI is InChI=1S/C10H13F3N2O/c11-10(12,13)16-8-3-4-9(15)7(6-8)2-1-5-14/h3-4,6H,1-2,5,14-15H2. The van der Waals surface area contributed by atoms with Gasteiger partial charge >= 0.3 is 6.36 Å². The molecule has 0 heterocycles. The van der Waals surface area contributed by atoms with Gasteiger partial charge < -0.3 is 16.2 Å². The average molecular weight is 234 g/mol. The van der Waals surface area contributed by atoms with Gasteiger partial charge in [-0.05, 0) is 43.1 Å². The molecule has 1 aromatic carbocycles. The van der Waals surface area contributed by atoms with Gasteiger partial charge in [0.05, 0.1) is 0 Å². The van der Waals surface area contributed by atoms with Crippen LogP contribution in [-0.2, 0) is 6.42 Å². The van der Waals surface area contributed by atoms with Crippen LogP contribution in [0.3, 0.4) is 0 Å². The SMILES string of the molecule is NCCCc1cc(OC(F)(F)F)ccc1N. The Bertz CT molecular complexity index is 352. The minimum atomic E-state index is -4.68. The predicted molar refractivity (Wildman–Crippen MR) is 54.9 cm³/mol. The van der Waals surface area contributed by atoms with Crippen LogP contribution in [-0.4, -0.2) is 12.9 Å². The van der Waals surface area contributed by atoms with E-state index >= 15 is 0 Å². The van der Waals surface area contributed by atoms with Crippen molar-refractivity contribution in [3.63, 3.8) is 0 Å². The maximum Gasteiger partial charge on any atom is 0.573 e. The molecule has 0 saturated heterocycles. The van der Waals surface area contributed by atoms with E-state index in [4.69, 9.17) is 11.5 Å². The number of nitrogen functional groups attached to an aromatic ring is 1. The van der Waals surface area contributed by atoms with Crippen molar-refractivity contribution < 1.29 is 17.9 Å². The fourth-order valence-electron chi connectivity index (χ4n) is 1.29. The summed E-state index contributed by atoms with van der Waals surface area (Å²) in [5.41, 5.74) is 12.0. The van der Waals surface area contributed by atoms with Crippen molar-refractivity contribution in [1.29, 1.82) is 0 Å². The Morgan fingerprint density at radius 3 is 2.50 bits per heavy atom. The first kappa shape index (κ1) is 12.6. The molecule has 1 rings (SSSR count). The quantitative estimate of drug-likeness (QED) is 0.784. The highest BCUT2D eigenvalue weighted by Crippen LogP contribution is 2.26. The zero-order chi connectivity index (χ0) is 12.2. The van der Waals surface area contributed by atoms with Crippen LogP contribution in [0.25, 0.3) is 0 Å². The summed E-state index contributed by atoms with van der Waals surface area (Å²) < 4.78 is 39.6. The van der Waals surface area contributed by atoms with Gasteiger partial charge in [-0.2, -0.15) is 0 Å². The molecule has 1 aromatic rings. The Morgan fingerprint density at radius 2 is 1.94 bits per heavy atom. The molecule has 90 valence electrons. The first-order valence-electron chi connectivity index (χ1n) is 4.76. The number of hydrogen-bond acceptors (Lipinski definition) is 3. The maximum absolute atomic E-state index is 12.0. The molecule has 6 heteroatoms. The van der Waals surface area contributed by atoms with Gasteiger partial charge in [0.25, 0.3) is 0 Å². The van der Waals surface area contributed by atoms with E-state index in [0.29, 0.717) is 30.6 Å². The topological polar surface area (TPSA) is 61.3 Å². The maximum atomic E-state index is 12.0. The summed E-state index contributed by atoms with van der Waals surface area (Å²) >= 11 is 0. The van der Waals surface area contributed by atoms with Crippen LogP contribution in [0.1, 0.15) is 12.0 Å². The zero-order valence-electron chi connectivity index (χ0n) is 8.55. The lowest BCUT2D eigenvalue weighted by Crippen LogP contribution is -2.17. The largest absolute Gasteiger partial charge is 0.573 e. The van der Waals surface area contributed by atoms with Gasteiger partial charge in [-0.3, -0.25) is 0 Å². The minimum Gasteiger partial charge on any atom is -0.406 e. The van der Waals surface area contributed by atoms with E-state index in [0.717, 1.165) is 0 Å². The van der Waals surface area contributed by atoms with Gasteiger partial charge in [0.15, 0.2) is 0 Å². The molecule has 0 aromatic heterocycles. The number of halogens is 3. The predicted octanol–water partition coefficient (Wildman–Crippen LogP) is 2.06. The second kappa shape index (κ2) is 5.07. The van der Waals surface area contributed by atoms with Crippen molar-refractivity contribution in [2.24, 2.45) is 5.73 Å². The van der Waals surface area contributed by atoms with Crippen LogP contribution in [0, 0.1) is 0 Å². The second-order valence-corrected chi connectivity index (χ2v) is 3.30. The van der Waals surface area contributed by atoms with Gasteiger partial charge in [-0.25, -0.2) is 0 Å². The van der Waals surface area contributed by atoms with Crippen molar-refractivity contribution in [1.82, 2.24) is 0 Å². The number of anilines is 1. The Labute approximate surface area is 91.2 Å². The van der Waals surface area contributed by atoms with Gasteiger partial charge in [0.2, 0.25) is 0 Å². The van der Waals surface area contributed by atoms with Crippen LogP contribution in [0.5, 0.6) is 5.75 Å². The van der Waals surface area contributed by atoms with Crippen molar-refractivity contribution in [2.75, 3.05) is 12.3 Å². The number of rotatable bonds is 4. The number of hydrogen-bond donors (Lipinski definition) is 2. The minimum absolute atomic E-state index is 0.256. The summed E-state index contributed by atoms with van der Waals surface area (Å²) in [6.07, 6.45) is -3.47. The lowest BCUT2D eigenvalue weighted by atomic mass is 10.1. The van der Waals surface area contributed by atoms with Gasteiger partial charge in [-0.15, -0.1) is 13.2 Å². The van der Waals surface area contributed by atoms with Gasteiger partial charge in [-0.1, -0.05) is 0 Å². The molecule has 3 nitrogen and oxygen atoms in total. The third-order valence-corrected chi connectivity index (χ3v) is 2.00. The first-order chi connectivity index (χ1) is 7.42. The third kappa shape index (κ3) is 3.98. The van der Waals surface area contributed by atoms with E-state index in [9.17, 15) is 13.2 Å². The lowest BCUT2D eigenvalue weighted by molar-refractivity contribution is -0.274. The Kier molecular flexibility index (Phi) is 4.00. The summed E-state index contributed by atoms with van der Waals surface area (Å²) in [7, 11) is 0. The van der Waals surface area contributed by atoms with E-state index in [1.54, 1.807) is 0 Å². The first-order valence-corrected chi connectivity index (χ1v) is 4.76. The third-order valence-electron chi connectivity index (χ3n) is 2.00. The number of benzene rings is 1. The van der Waals surface area contributed by atoms with Crippen molar-refractivity contribution in [3.8, 4) is 5.75 Å². The number of alkyl halides is 3. The fraction of sp³-hybridized carbons (Fsp3) is 0.400. The highest BCUT2D eigenvalue weighted by molar-refractivity contribution is 5.50. The molecule has 0 amide bonds. The molecule has 0 spiro atoms. The molecule has 0 saturated carbocycles. The van der Waals surface area contributed by atoms with E-state index in [1.165, 1.54) is 18.2 Å². The van der Waals surface area contributed by atoms with Gasteiger partial charge in [0.1, 0.15) is 5.75 Å². The molecule has 0 atom stereocenters. The molecule has 0 radical (unpaired) electrons. The normalized spacial score (nSPS) is 11.5. The van der Waals surface area contributed by atoms with E-state index < -0.39 is 6.36 Å². The fourth-order valence-corrected chi connectivity index (χ4v) is 1.29. The Hall–Kier alpha value is -1.43. The number of aryl methyl sites for hydroxylation is 1. The molecule has 0 bridgehead atoms. The summed E-state index contributed by atoms with van der Waals surface area (Å²) in [6, 6.07) is 3.88. The van der Waals surface area contributed by atoms with E-state index in [-0.39, 0.29) is 5.75 Å². The van der Waals surface area contributed by atoms with Crippen LogP contribution < -0.4 is 16.2 Å². The molecule has 0 unspecified atom stereocenters. The second-order valence-electron chi connectivity index (χ2n) is 3.30. The average Bonchev–Trinajstić information content (AvgIpc) is 2.17. The van der Waals surface area contributed by atoms with Crippen molar-refractivity contribution in [3.05, 3.63) is 23.8 Å². The molecular weight excluding hydrogens is 221 g/mol. The van der Waals surface area contributed by atoms with Crippen molar-refractivity contribution >= 4 is 5.69 Å². The van der Waals surface area contributed by atoms with Gasteiger partial charge in [0, 0.05) is 5.69 Å².